The van der Waals surface area contributed by atoms with Crippen LogP contribution in [0.5, 0.6) is 0 Å². The maximum absolute atomic E-state index is 14.2. The molecular formula is C23H34N4O6. The van der Waals surface area contributed by atoms with Gasteiger partial charge in [0.1, 0.15) is 0 Å². The molecule has 4 rings (SSSR count). The third kappa shape index (κ3) is 4.25. The molecule has 1 aromatic heterocycles. The fourth-order valence-corrected chi connectivity index (χ4v) is 5.62. The van der Waals surface area contributed by atoms with E-state index in [0.717, 1.165) is 44.9 Å². The topological polar surface area (TPSA) is 138 Å². The molecule has 1 unspecified atom stereocenters. The molecule has 2 saturated carbocycles. The zero-order valence-corrected chi connectivity index (χ0v) is 19.5. The van der Waals surface area contributed by atoms with Gasteiger partial charge in [-0.1, -0.05) is 31.3 Å². The molecule has 33 heavy (non-hydrogen) atoms. The van der Waals surface area contributed by atoms with E-state index in [9.17, 15) is 14.4 Å². The predicted octanol–water partition coefficient (Wildman–Crippen LogP) is 2.82. The summed E-state index contributed by atoms with van der Waals surface area (Å²) in [5.74, 6) is -0.626. The molecule has 0 bridgehead atoms. The number of carbonyl (C=O) groups is 3. The lowest BCUT2D eigenvalue weighted by Crippen LogP contribution is -2.66. The minimum absolute atomic E-state index is 0.0607. The van der Waals surface area contributed by atoms with E-state index in [2.05, 4.69) is 10.1 Å². The third-order valence-corrected chi connectivity index (χ3v) is 7.71. The molecule has 2 aliphatic carbocycles. The van der Waals surface area contributed by atoms with Crippen molar-refractivity contribution in [2.75, 3.05) is 26.3 Å². The van der Waals surface area contributed by atoms with Crippen molar-refractivity contribution in [3.63, 3.8) is 0 Å². The minimum Gasteiger partial charge on any atom is -0.433 e. The van der Waals surface area contributed by atoms with E-state index in [1.807, 2.05) is 0 Å². The lowest BCUT2D eigenvalue weighted by Gasteiger charge is -2.51. The van der Waals surface area contributed by atoms with Gasteiger partial charge in [-0.3, -0.25) is 9.59 Å². The Balaban J connectivity index is 1.81. The number of ether oxygens (including phenoxy) is 2. The van der Waals surface area contributed by atoms with Crippen molar-refractivity contribution in [1.82, 2.24) is 15.0 Å². The zero-order valence-electron chi connectivity index (χ0n) is 19.5. The fraction of sp³-hybridized carbons (Fsp3) is 0.783. The number of nitrogens with two attached hydrogens (primary N) is 1. The first-order chi connectivity index (χ1) is 15.8. The molecule has 2 atom stereocenters. The van der Waals surface area contributed by atoms with Gasteiger partial charge in [0.25, 0.3) is 0 Å². The van der Waals surface area contributed by atoms with Gasteiger partial charge in [0.2, 0.25) is 23.4 Å². The van der Waals surface area contributed by atoms with Crippen LogP contribution in [-0.2, 0) is 14.3 Å². The van der Waals surface area contributed by atoms with E-state index in [1.165, 1.54) is 0 Å². The molecule has 1 aromatic rings. The molecule has 1 saturated heterocycles. The first kappa shape index (κ1) is 23.7. The third-order valence-electron chi connectivity index (χ3n) is 7.71. The highest BCUT2D eigenvalue weighted by Crippen LogP contribution is 2.51. The number of rotatable bonds is 8. The van der Waals surface area contributed by atoms with Crippen molar-refractivity contribution >= 4 is 17.8 Å². The minimum atomic E-state index is -1.85. The fourth-order valence-electron chi connectivity index (χ4n) is 5.62. The number of Topliss-reactive ketones (excluding diaryl/α,β-unsaturated/α-hetero) is 1. The summed E-state index contributed by atoms with van der Waals surface area (Å²) in [6.45, 7) is 5.17. The van der Waals surface area contributed by atoms with Crippen molar-refractivity contribution in [2.45, 2.75) is 76.7 Å². The summed E-state index contributed by atoms with van der Waals surface area (Å²) in [5.41, 5.74) is 2.33. The van der Waals surface area contributed by atoms with E-state index in [0.29, 0.717) is 32.2 Å². The summed E-state index contributed by atoms with van der Waals surface area (Å²) in [6, 6.07) is 0. The van der Waals surface area contributed by atoms with E-state index >= 15 is 0 Å². The summed E-state index contributed by atoms with van der Waals surface area (Å²) in [7, 11) is 0. The van der Waals surface area contributed by atoms with E-state index in [4.69, 9.17) is 19.7 Å². The molecule has 0 radical (unpaired) electrons. The normalized spacial score (nSPS) is 23.4. The summed E-state index contributed by atoms with van der Waals surface area (Å²) in [6.07, 6.45) is 5.27. The van der Waals surface area contributed by atoms with E-state index in [-0.39, 0.29) is 30.0 Å². The molecule has 2 heterocycles. The maximum atomic E-state index is 14.2. The second-order valence-electron chi connectivity index (χ2n) is 9.60. The van der Waals surface area contributed by atoms with Crippen molar-refractivity contribution < 1.29 is 28.4 Å². The van der Waals surface area contributed by atoms with Gasteiger partial charge in [-0.25, -0.2) is 4.79 Å². The highest BCUT2D eigenvalue weighted by Gasteiger charge is 2.65. The second kappa shape index (κ2) is 9.40. The molecule has 2 N–H and O–H groups in total. The van der Waals surface area contributed by atoms with Gasteiger partial charge < -0.3 is 24.6 Å². The molecule has 2 amide bonds. The van der Waals surface area contributed by atoms with Crippen LogP contribution in [0.3, 0.4) is 0 Å². The molecule has 10 nitrogen and oxygen atoms in total. The second-order valence-corrected chi connectivity index (χ2v) is 9.60. The van der Waals surface area contributed by atoms with Crippen molar-refractivity contribution in [3.05, 3.63) is 11.7 Å². The number of primary amides is 1. The summed E-state index contributed by atoms with van der Waals surface area (Å²) in [4.78, 5) is 46.5. The van der Waals surface area contributed by atoms with Gasteiger partial charge in [-0.15, -0.1) is 0 Å². The number of nitrogens with zero attached hydrogens (tertiary/aromatic N) is 3. The summed E-state index contributed by atoms with van der Waals surface area (Å²) < 4.78 is 16.5. The van der Waals surface area contributed by atoms with Gasteiger partial charge in [-0.05, 0) is 44.9 Å². The van der Waals surface area contributed by atoms with Gasteiger partial charge >= 0.3 is 6.09 Å². The molecule has 10 heteroatoms. The number of hydrogen-bond acceptors (Lipinski definition) is 8. The monoisotopic (exact) mass is 462 g/mol. The van der Waals surface area contributed by atoms with E-state index in [1.54, 1.807) is 18.7 Å². The van der Waals surface area contributed by atoms with Crippen LogP contribution in [-0.4, -0.2) is 64.7 Å². The first-order valence-electron chi connectivity index (χ1n) is 12.1. The Morgan fingerprint density at radius 1 is 1.12 bits per heavy atom. The molecule has 3 aliphatic rings. The van der Waals surface area contributed by atoms with Gasteiger partial charge in [0, 0.05) is 19.0 Å². The smallest absolute Gasteiger partial charge is 0.405 e. The highest BCUT2D eigenvalue weighted by atomic mass is 16.6. The maximum Gasteiger partial charge on any atom is 0.405 e. The number of morpholine rings is 1. The van der Waals surface area contributed by atoms with Crippen molar-refractivity contribution in [2.24, 2.45) is 17.1 Å². The molecule has 1 aliphatic heterocycles. The standard InChI is InChI=1S/C23H34N4O6/c1-3-23(32-21(24)30,17(28)18-25-19(33-26-18)15-9-10-15)22(2,16-7-5-4-6-8-16)20(29)27-11-13-31-14-12-27/h15-16H,3-14H2,1-2H3,(H2,24,30)/t22?,23-/m0/s1. The Morgan fingerprint density at radius 2 is 1.79 bits per heavy atom. The Kier molecular flexibility index (Phi) is 6.74. The van der Waals surface area contributed by atoms with Crippen LogP contribution in [0.15, 0.2) is 4.52 Å². The van der Waals surface area contributed by atoms with Crippen LogP contribution in [0.4, 0.5) is 4.79 Å². The van der Waals surface area contributed by atoms with Crippen molar-refractivity contribution in [1.29, 1.82) is 0 Å². The van der Waals surface area contributed by atoms with Crippen molar-refractivity contribution in [3.8, 4) is 0 Å². The highest BCUT2D eigenvalue weighted by molar-refractivity contribution is 6.05. The van der Waals surface area contributed by atoms with Crippen LogP contribution in [0, 0.1) is 11.3 Å². The Labute approximate surface area is 193 Å². The number of ketones is 1. The lowest BCUT2D eigenvalue weighted by molar-refractivity contribution is -0.168. The van der Waals surface area contributed by atoms with Crippen LogP contribution in [0.2, 0.25) is 0 Å². The van der Waals surface area contributed by atoms with Crippen LogP contribution in [0.1, 0.15) is 87.6 Å². The Bertz CT molecular complexity index is 887. The lowest BCUT2D eigenvalue weighted by atomic mass is 9.57. The van der Waals surface area contributed by atoms with E-state index < -0.39 is 22.9 Å². The van der Waals surface area contributed by atoms with Crippen LogP contribution < -0.4 is 5.73 Å². The molecule has 0 spiro atoms. The number of amides is 2. The summed E-state index contributed by atoms with van der Waals surface area (Å²) in [5, 5.41) is 3.92. The SMILES string of the molecule is CC[C@](OC(N)=O)(C(=O)c1noc(C2CC2)n1)C(C)(C(=O)N1CCOCC1)C1CCCCC1. The average Bonchev–Trinajstić information content (AvgIpc) is 3.58. The zero-order chi connectivity index (χ0) is 23.6. The molecular weight excluding hydrogens is 428 g/mol. The number of aromatic nitrogens is 2. The number of carbonyl (C=O) groups excluding carboxylic acids is 3. The molecule has 0 aromatic carbocycles. The quantitative estimate of drug-likeness (QED) is 0.582. The predicted molar refractivity (Wildman–Crippen MR) is 116 cm³/mol. The van der Waals surface area contributed by atoms with Gasteiger partial charge in [-0.2, -0.15) is 4.98 Å². The molecule has 182 valence electrons. The molecule has 3 fully saturated rings. The average molecular weight is 463 g/mol. The Morgan fingerprint density at radius 3 is 2.36 bits per heavy atom. The van der Waals surface area contributed by atoms with Crippen LogP contribution in [0.25, 0.3) is 0 Å². The number of hydrogen-bond donors (Lipinski definition) is 1. The summed E-state index contributed by atoms with van der Waals surface area (Å²) >= 11 is 0. The largest absolute Gasteiger partial charge is 0.433 e. The van der Waals surface area contributed by atoms with Crippen LogP contribution >= 0.6 is 0 Å². The van der Waals surface area contributed by atoms with Gasteiger partial charge in [0.05, 0.1) is 18.6 Å². The first-order valence-corrected chi connectivity index (χ1v) is 12.1. The van der Waals surface area contributed by atoms with Gasteiger partial charge in [0.15, 0.2) is 5.60 Å². The Hall–Kier alpha value is -2.49.